The van der Waals surface area contributed by atoms with Crippen LogP contribution in [0.5, 0.6) is 0 Å². The van der Waals surface area contributed by atoms with Crippen molar-refractivity contribution in [2.75, 3.05) is 18.4 Å². The molecule has 3 nitrogen and oxygen atoms in total. The van der Waals surface area contributed by atoms with E-state index in [1.807, 2.05) is 39.0 Å². The van der Waals surface area contributed by atoms with Crippen LogP contribution in [0.15, 0.2) is 18.2 Å². The first-order valence-corrected chi connectivity index (χ1v) is 7.31. The highest BCUT2D eigenvalue weighted by Crippen LogP contribution is 2.19. The molecule has 0 aliphatic carbocycles. The summed E-state index contributed by atoms with van der Waals surface area (Å²) in [6.45, 7) is 8.38. The number of quaternary nitrogens is 1. The molecule has 1 aliphatic rings. The van der Waals surface area contributed by atoms with Crippen molar-refractivity contribution in [3.8, 4) is 0 Å². The van der Waals surface area contributed by atoms with Gasteiger partial charge >= 0.3 is 0 Å². The summed E-state index contributed by atoms with van der Waals surface area (Å²) in [6, 6.07) is 6.15. The fourth-order valence-electron chi connectivity index (χ4n) is 2.87. The highest BCUT2D eigenvalue weighted by atomic mass is 16.2. The first-order chi connectivity index (χ1) is 9.09. The molecule has 1 saturated heterocycles. The molecule has 0 radical (unpaired) electrons. The minimum Gasteiger partial charge on any atom is -0.325 e. The zero-order valence-corrected chi connectivity index (χ0v) is 12.3. The first kappa shape index (κ1) is 14.1. The van der Waals surface area contributed by atoms with Gasteiger partial charge in [-0.2, -0.15) is 0 Å². The van der Waals surface area contributed by atoms with E-state index < -0.39 is 0 Å². The van der Waals surface area contributed by atoms with Crippen molar-refractivity contribution in [1.82, 2.24) is 0 Å². The minimum absolute atomic E-state index is 0.0410. The number of amides is 1. The monoisotopic (exact) mass is 261 g/mol. The predicted octanol–water partition coefficient (Wildman–Crippen LogP) is 1.70. The number of para-hydroxylation sites is 1. The molecule has 19 heavy (non-hydrogen) atoms. The van der Waals surface area contributed by atoms with Gasteiger partial charge in [-0.3, -0.25) is 4.79 Å². The number of carbonyl (C=O) groups excluding carboxylic acids is 1. The third-order valence-electron chi connectivity index (χ3n) is 4.23. The maximum Gasteiger partial charge on any atom is 0.282 e. The van der Waals surface area contributed by atoms with Gasteiger partial charge in [-0.05, 0) is 51.2 Å². The van der Waals surface area contributed by atoms with Crippen LogP contribution in [0, 0.1) is 13.8 Å². The van der Waals surface area contributed by atoms with Gasteiger partial charge in [-0.15, -0.1) is 0 Å². The molecule has 0 saturated carbocycles. The topological polar surface area (TPSA) is 33.5 Å². The van der Waals surface area contributed by atoms with Crippen molar-refractivity contribution >= 4 is 11.6 Å². The van der Waals surface area contributed by atoms with Gasteiger partial charge in [0.25, 0.3) is 5.91 Å². The second kappa shape index (κ2) is 6.20. The van der Waals surface area contributed by atoms with Crippen molar-refractivity contribution in [2.24, 2.45) is 0 Å². The summed E-state index contributed by atoms with van der Waals surface area (Å²) < 4.78 is 0. The summed E-state index contributed by atoms with van der Waals surface area (Å²) in [4.78, 5) is 13.8. The van der Waals surface area contributed by atoms with Crippen LogP contribution in [-0.2, 0) is 4.79 Å². The van der Waals surface area contributed by atoms with Crippen LogP contribution in [0.4, 0.5) is 5.69 Å². The van der Waals surface area contributed by atoms with E-state index in [1.54, 1.807) is 0 Å². The number of benzene rings is 1. The Morgan fingerprint density at radius 2 is 1.74 bits per heavy atom. The normalized spacial score (nSPS) is 18.1. The average molecular weight is 261 g/mol. The molecule has 0 aromatic heterocycles. The summed E-state index contributed by atoms with van der Waals surface area (Å²) >= 11 is 0. The number of rotatable bonds is 3. The van der Waals surface area contributed by atoms with E-state index in [0.29, 0.717) is 0 Å². The lowest BCUT2D eigenvalue weighted by molar-refractivity contribution is -0.918. The third kappa shape index (κ3) is 3.35. The van der Waals surface area contributed by atoms with E-state index in [9.17, 15) is 4.79 Å². The summed E-state index contributed by atoms with van der Waals surface area (Å²) in [7, 11) is 0. The van der Waals surface area contributed by atoms with Crippen LogP contribution in [0.25, 0.3) is 0 Å². The van der Waals surface area contributed by atoms with Gasteiger partial charge < -0.3 is 10.2 Å². The largest absolute Gasteiger partial charge is 0.325 e. The molecule has 3 heteroatoms. The molecule has 1 aromatic rings. The zero-order chi connectivity index (χ0) is 13.8. The Labute approximate surface area is 116 Å². The summed E-state index contributed by atoms with van der Waals surface area (Å²) in [5, 5.41) is 3.12. The number of likely N-dealkylation sites (tertiary alicyclic amines) is 1. The number of aryl methyl sites for hydroxylation is 2. The molecule has 1 amide bonds. The fourth-order valence-corrected chi connectivity index (χ4v) is 2.87. The molecule has 2 N–H and O–H groups in total. The molecule has 1 atom stereocenters. The minimum atomic E-state index is 0.0410. The second-order valence-electron chi connectivity index (χ2n) is 5.70. The van der Waals surface area contributed by atoms with Crippen LogP contribution < -0.4 is 10.2 Å². The van der Waals surface area contributed by atoms with E-state index in [1.165, 1.54) is 24.2 Å². The molecule has 1 aromatic carbocycles. The van der Waals surface area contributed by atoms with Gasteiger partial charge in [-0.1, -0.05) is 18.2 Å². The molecule has 1 heterocycles. The summed E-state index contributed by atoms with van der Waals surface area (Å²) in [5.41, 5.74) is 3.25. The molecular formula is C16H25N2O+. The first-order valence-electron chi connectivity index (χ1n) is 7.31. The number of nitrogens with one attached hydrogen (secondary N) is 2. The number of hydrogen-bond donors (Lipinski definition) is 2. The van der Waals surface area contributed by atoms with Crippen molar-refractivity contribution in [3.63, 3.8) is 0 Å². The fraction of sp³-hybridized carbons (Fsp3) is 0.562. The van der Waals surface area contributed by atoms with Crippen molar-refractivity contribution in [1.29, 1.82) is 0 Å². The maximum atomic E-state index is 12.4. The Morgan fingerprint density at radius 3 is 2.32 bits per heavy atom. The van der Waals surface area contributed by atoms with Crippen LogP contribution in [0.2, 0.25) is 0 Å². The van der Waals surface area contributed by atoms with E-state index >= 15 is 0 Å². The van der Waals surface area contributed by atoms with Crippen LogP contribution in [0.1, 0.15) is 37.3 Å². The predicted molar refractivity (Wildman–Crippen MR) is 78.6 cm³/mol. The number of anilines is 1. The Morgan fingerprint density at radius 1 is 1.16 bits per heavy atom. The number of carbonyl (C=O) groups is 1. The third-order valence-corrected chi connectivity index (χ3v) is 4.23. The van der Waals surface area contributed by atoms with Gasteiger partial charge in [0, 0.05) is 5.69 Å². The lowest BCUT2D eigenvalue weighted by atomic mass is 10.1. The van der Waals surface area contributed by atoms with E-state index in [4.69, 9.17) is 0 Å². The zero-order valence-electron chi connectivity index (χ0n) is 12.3. The van der Waals surface area contributed by atoms with Crippen molar-refractivity contribution in [3.05, 3.63) is 29.3 Å². The second-order valence-corrected chi connectivity index (χ2v) is 5.70. The van der Waals surface area contributed by atoms with Crippen LogP contribution in [-0.4, -0.2) is 25.0 Å². The highest BCUT2D eigenvalue weighted by molar-refractivity contribution is 5.95. The van der Waals surface area contributed by atoms with Crippen molar-refractivity contribution in [2.45, 2.75) is 46.1 Å². The SMILES string of the molecule is Cc1cccc(C)c1NC(=O)[C@@H](C)[NH+]1CCCCC1. The van der Waals surface area contributed by atoms with E-state index in [2.05, 4.69) is 5.32 Å². The quantitative estimate of drug-likeness (QED) is 0.853. The molecule has 1 fully saturated rings. The van der Waals surface area contributed by atoms with Gasteiger partial charge in [-0.25, -0.2) is 0 Å². The standard InChI is InChI=1S/C16H24N2O/c1-12-8-7-9-13(2)15(12)17-16(19)14(3)18-10-5-4-6-11-18/h7-9,14H,4-6,10-11H2,1-3H3,(H,17,19)/p+1/t14-/m1/s1. The van der Waals surface area contributed by atoms with Gasteiger partial charge in [0.2, 0.25) is 0 Å². The molecule has 104 valence electrons. The molecule has 0 spiro atoms. The molecule has 1 aliphatic heterocycles. The van der Waals surface area contributed by atoms with E-state index in [-0.39, 0.29) is 11.9 Å². The van der Waals surface area contributed by atoms with E-state index in [0.717, 1.165) is 29.9 Å². The lowest BCUT2D eigenvalue weighted by Crippen LogP contribution is -3.17. The van der Waals surface area contributed by atoms with Gasteiger partial charge in [0.15, 0.2) is 6.04 Å². The van der Waals surface area contributed by atoms with Gasteiger partial charge in [0.1, 0.15) is 0 Å². The van der Waals surface area contributed by atoms with Crippen LogP contribution in [0.3, 0.4) is 0 Å². The summed E-state index contributed by atoms with van der Waals surface area (Å²) in [6.07, 6.45) is 3.81. The lowest BCUT2D eigenvalue weighted by Gasteiger charge is -2.28. The highest BCUT2D eigenvalue weighted by Gasteiger charge is 2.26. The smallest absolute Gasteiger partial charge is 0.282 e. The molecule has 2 rings (SSSR count). The maximum absolute atomic E-state index is 12.4. The molecule has 0 unspecified atom stereocenters. The van der Waals surface area contributed by atoms with Crippen LogP contribution >= 0.6 is 0 Å². The average Bonchev–Trinajstić information content (AvgIpc) is 2.43. The van der Waals surface area contributed by atoms with Crippen molar-refractivity contribution < 1.29 is 9.69 Å². The Kier molecular flexibility index (Phi) is 4.59. The molecule has 0 bridgehead atoms. The Bertz CT molecular complexity index is 430. The molecular weight excluding hydrogens is 236 g/mol. The van der Waals surface area contributed by atoms with Gasteiger partial charge in [0.05, 0.1) is 13.1 Å². The summed E-state index contributed by atoms with van der Waals surface area (Å²) in [5.74, 6) is 0.148. The number of piperidine rings is 1. The Balaban J connectivity index is 2.04. The number of hydrogen-bond acceptors (Lipinski definition) is 1. The Hall–Kier alpha value is -1.35.